The minimum Gasteiger partial charge on any atom is -0.487 e. The minimum absolute atomic E-state index is 0.0400. The number of hydrogen-bond acceptors (Lipinski definition) is 6. The number of nitro groups is 1. The summed E-state index contributed by atoms with van der Waals surface area (Å²) in [5, 5.41) is 14.7. The van der Waals surface area contributed by atoms with E-state index in [1.54, 1.807) is 29.7 Å². The summed E-state index contributed by atoms with van der Waals surface area (Å²) in [6.45, 7) is 0.722. The van der Waals surface area contributed by atoms with Gasteiger partial charge in [0.15, 0.2) is 0 Å². The molecule has 0 aliphatic heterocycles. The molecule has 1 aliphatic rings. The summed E-state index contributed by atoms with van der Waals surface area (Å²) in [5.41, 5.74) is 4.56. The predicted molar refractivity (Wildman–Crippen MR) is 165 cm³/mol. The first kappa shape index (κ1) is 28.2. The number of hydrogen-bond donors (Lipinski definition) is 1. The van der Waals surface area contributed by atoms with Gasteiger partial charge >= 0.3 is 0 Å². The lowest BCUT2D eigenvalue weighted by atomic mass is 9.95. The predicted octanol–water partition coefficient (Wildman–Crippen LogP) is 8.32. The van der Waals surface area contributed by atoms with E-state index in [9.17, 15) is 14.9 Å². The summed E-state index contributed by atoms with van der Waals surface area (Å²) in [5.74, 6) is 0.524. The van der Waals surface area contributed by atoms with E-state index in [1.165, 1.54) is 17.0 Å². The molecule has 1 N–H and O–H groups in total. The third kappa shape index (κ3) is 6.68. The number of aryl methyl sites for hydroxylation is 1. The Morgan fingerprint density at radius 2 is 1.73 bits per heavy atom. The fourth-order valence-electron chi connectivity index (χ4n) is 4.54. The molecule has 1 amide bonds. The molecular weight excluding hydrogens is 658 g/mol. The Balaban J connectivity index is 1.33. The summed E-state index contributed by atoms with van der Waals surface area (Å²) in [4.78, 5) is 29.8. The summed E-state index contributed by atoms with van der Waals surface area (Å²) < 4.78 is 7.45. The van der Waals surface area contributed by atoms with Crippen LogP contribution in [0.3, 0.4) is 0 Å². The first-order valence-electron chi connectivity index (χ1n) is 12.7. The molecular formula is C30H25Br2N3O4S. The molecule has 1 aromatic heterocycles. The Bertz CT molecular complexity index is 1550. The number of non-ortho nitro benzene ring substituents is 1. The first-order chi connectivity index (χ1) is 19.4. The monoisotopic (exact) mass is 681 g/mol. The van der Waals surface area contributed by atoms with Crippen molar-refractivity contribution >= 4 is 66.0 Å². The van der Waals surface area contributed by atoms with Crippen molar-refractivity contribution in [1.29, 1.82) is 0 Å². The van der Waals surface area contributed by atoms with Crippen LogP contribution in [0.25, 0.3) is 0 Å². The second kappa shape index (κ2) is 12.9. The Morgan fingerprint density at radius 3 is 2.42 bits per heavy atom. The Kier molecular flexibility index (Phi) is 9.08. The molecule has 10 heteroatoms. The average molecular weight is 683 g/mol. The minimum atomic E-state index is -0.427. The third-order valence-electron chi connectivity index (χ3n) is 6.56. The summed E-state index contributed by atoms with van der Waals surface area (Å²) >= 11 is 8.78. The largest absolute Gasteiger partial charge is 0.487 e. The lowest BCUT2D eigenvalue weighted by Crippen LogP contribution is -2.24. The van der Waals surface area contributed by atoms with Crippen LogP contribution >= 0.6 is 43.2 Å². The van der Waals surface area contributed by atoms with Crippen LogP contribution in [0.2, 0.25) is 0 Å². The topological polar surface area (TPSA) is 93.8 Å². The molecule has 5 rings (SSSR count). The number of nitrogens with zero attached hydrogens (tertiary/aromatic N) is 2. The molecule has 0 spiro atoms. The number of benzene rings is 3. The van der Waals surface area contributed by atoms with E-state index in [4.69, 9.17) is 9.73 Å². The van der Waals surface area contributed by atoms with E-state index in [1.807, 2.05) is 42.5 Å². The van der Waals surface area contributed by atoms with Gasteiger partial charge in [-0.3, -0.25) is 14.9 Å². The van der Waals surface area contributed by atoms with Gasteiger partial charge in [-0.1, -0.05) is 30.3 Å². The zero-order chi connectivity index (χ0) is 28.1. The molecule has 7 nitrogen and oxygen atoms in total. The van der Waals surface area contributed by atoms with Crippen molar-refractivity contribution in [1.82, 2.24) is 5.32 Å². The summed E-state index contributed by atoms with van der Waals surface area (Å²) in [6, 6.07) is 20.0. The highest BCUT2D eigenvalue weighted by molar-refractivity contribution is 9.11. The Hall–Kier alpha value is -3.34. The van der Waals surface area contributed by atoms with Crippen molar-refractivity contribution in [3.05, 3.63) is 118 Å². The van der Waals surface area contributed by atoms with Crippen LogP contribution in [-0.2, 0) is 26.0 Å². The maximum absolute atomic E-state index is 13.3. The van der Waals surface area contributed by atoms with Crippen LogP contribution in [0.15, 0.2) is 80.7 Å². The van der Waals surface area contributed by atoms with E-state index in [0.29, 0.717) is 17.9 Å². The highest BCUT2D eigenvalue weighted by Crippen LogP contribution is 2.40. The second-order valence-corrected chi connectivity index (χ2v) is 12.1. The summed E-state index contributed by atoms with van der Waals surface area (Å²) in [6.07, 6.45) is 5.84. The fourth-order valence-corrected chi connectivity index (χ4v) is 7.22. The van der Waals surface area contributed by atoms with E-state index in [2.05, 4.69) is 37.2 Å². The quantitative estimate of drug-likeness (QED) is 0.109. The molecule has 1 heterocycles. The summed E-state index contributed by atoms with van der Waals surface area (Å²) in [7, 11) is 0. The van der Waals surface area contributed by atoms with Crippen LogP contribution in [0, 0.1) is 10.1 Å². The van der Waals surface area contributed by atoms with Crippen LogP contribution in [0.5, 0.6) is 5.75 Å². The first-order valence-corrected chi connectivity index (χ1v) is 15.1. The number of nitro benzene ring substituents is 1. The number of carbonyl (C=O) groups excluding carboxylic acids is 1. The zero-order valence-electron chi connectivity index (χ0n) is 21.4. The number of amides is 1. The number of aliphatic imine (C=N–C) groups is 1. The van der Waals surface area contributed by atoms with Gasteiger partial charge in [-0.15, -0.1) is 11.3 Å². The number of thiophene rings is 1. The molecule has 1 aliphatic carbocycles. The van der Waals surface area contributed by atoms with Gasteiger partial charge in [-0.25, -0.2) is 4.99 Å². The van der Waals surface area contributed by atoms with Crippen LogP contribution in [0.4, 0.5) is 10.7 Å². The van der Waals surface area contributed by atoms with E-state index in [-0.39, 0.29) is 18.2 Å². The molecule has 0 radical (unpaired) electrons. The number of rotatable bonds is 9. The van der Waals surface area contributed by atoms with Crippen molar-refractivity contribution < 1.29 is 14.5 Å². The van der Waals surface area contributed by atoms with Gasteiger partial charge in [0.05, 0.1) is 19.4 Å². The van der Waals surface area contributed by atoms with Gasteiger partial charge in [-0.05, 0) is 104 Å². The fraction of sp³-hybridized carbons (Fsp3) is 0.200. The molecule has 40 heavy (non-hydrogen) atoms. The van der Waals surface area contributed by atoms with Gasteiger partial charge in [0.25, 0.3) is 11.6 Å². The molecule has 0 bridgehead atoms. The lowest BCUT2D eigenvalue weighted by Gasteiger charge is -2.13. The van der Waals surface area contributed by atoms with Crippen molar-refractivity contribution in [3.8, 4) is 5.75 Å². The molecule has 0 saturated carbocycles. The molecule has 0 fully saturated rings. The van der Waals surface area contributed by atoms with Crippen LogP contribution in [0.1, 0.15) is 50.3 Å². The van der Waals surface area contributed by atoms with Gasteiger partial charge in [0.1, 0.15) is 17.4 Å². The highest BCUT2D eigenvalue weighted by atomic mass is 79.9. The molecule has 204 valence electrons. The van der Waals surface area contributed by atoms with Crippen molar-refractivity contribution in [2.45, 2.75) is 38.8 Å². The van der Waals surface area contributed by atoms with Gasteiger partial charge in [-0.2, -0.15) is 0 Å². The SMILES string of the molecule is O=C(NCc1ccccc1)c1c(N=Cc2cc(Br)c(OCc3ccc([N+](=O)[O-])cc3)c(Br)c2)sc2c1CCCC2. The number of fused-ring (bicyclic) bond motifs is 1. The van der Waals surface area contributed by atoms with E-state index >= 15 is 0 Å². The molecule has 0 saturated heterocycles. The molecule has 0 atom stereocenters. The lowest BCUT2D eigenvalue weighted by molar-refractivity contribution is -0.384. The number of nitrogens with one attached hydrogen (secondary N) is 1. The van der Waals surface area contributed by atoms with Gasteiger partial charge in [0.2, 0.25) is 0 Å². The van der Waals surface area contributed by atoms with Crippen LogP contribution < -0.4 is 10.1 Å². The van der Waals surface area contributed by atoms with Crippen molar-refractivity contribution in [2.75, 3.05) is 0 Å². The van der Waals surface area contributed by atoms with Gasteiger partial charge < -0.3 is 10.1 Å². The van der Waals surface area contributed by atoms with Crippen molar-refractivity contribution in [3.63, 3.8) is 0 Å². The molecule has 0 unspecified atom stereocenters. The molecule has 4 aromatic rings. The zero-order valence-corrected chi connectivity index (χ0v) is 25.4. The highest BCUT2D eigenvalue weighted by Gasteiger charge is 2.25. The van der Waals surface area contributed by atoms with Gasteiger partial charge in [0, 0.05) is 29.8 Å². The normalized spacial score (nSPS) is 12.8. The Labute approximate surface area is 252 Å². The smallest absolute Gasteiger partial charge is 0.269 e. The van der Waals surface area contributed by atoms with Crippen LogP contribution in [-0.4, -0.2) is 17.0 Å². The molecule has 3 aromatic carbocycles. The van der Waals surface area contributed by atoms with Crippen molar-refractivity contribution in [2.24, 2.45) is 4.99 Å². The number of carbonyl (C=O) groups is 1. The second-order valence-electron chi connectivity index (χ2n) is 9.34. The number of halogens is 2. The standard InChI is InChI=1S/C30H25Br2N3O4S/c31-24-14-21(15-25(32)28(24)39-18-20-10-12-22(13-11-20)35(37)38)17-34-30-27(23-8-4-5-9-26(23)40-30)29(36)33-16-19-6-2-1-3-7-19/h1-3,6-7,10-15,17H,4-5,8-9,16,18H2,(H,33,36). The third-order valence-corrected chi connectivity index (χ3v) is 8.94. The average Bonchev–Trinajstić information content (AvgIpc) is 3.34. The van der Waals surface area contributed by atoms with E-state index in [0.717, 1.165) is 61.9 Å². The maximum atomic E-state index is 13.3. The number of ether oxygens (including phenoxy) is 1. The maximum Gasteiger partial charge on any atom is 0.269 e. The Morgan fingerprint density at radius 1 is 1.02 bits per heavy atom. The van der Waals surface area contributed by atoms with E-state index < -0.39 is 4.92 Å².